The summed E-state index contributed by atoms with van der Waals surface area (Å²) in [5, 5.41) is 0.847. The summed E-state index contributed by atoms with van der Waals surface area (Å²) >= 11 is 11.7. The minimum absolute atomic E-state index is 0.102. The zero-order valence-electron chi connectivity index (χ0n) is 12.1. The van der Waals surface area contributed by atoms with E-state index in [4.69, 9.17) is 23.2 Å². The molecule has 0 aliphatic carbocycles. The third-order valence-electron chi connectivity index (χ3n) is 3.09. The first-order chi connectivity index (χ1) is 10.8. The van der Waals surface area contributed by atoms with Crippen LogP contribution in [-0.4, -0.2) is 21.2 Å². The van der Waals surface area contributed by atoms with Crippen LogP contribution < -0.4 is 4.72 Å². The van der Waals surface area contributed by atoms with E-state index in [2.05, 4.69) is 4.72 Å². The molecule has 2 rings (SSSR count). The van der Waals surface area contributed by atoms with Crippen molar-refractivity contribution in [3.8, 4) is 0 Å². The van der Waals surface area contributed by atoms with E-state index in [1.807, 2.05) is 0 Å². The molecule has 0 spiro atoms. The monoisotopic (exact) mass is 369 g/mol. The van der Waals surface area contributed by atoms with Gasteiger partial charge in [-0.15, -0.1) is 0 Å². The molecule has 0 aliphatic rings. The summed E-state index contributed by atoms with van der Waals surface area (Å²) in [6.07, 6.45) is 3.00. The molecule has 0 amide bonds. The lowest BCUT2D eigenvalue weighted by Gasteiger charge is -2.03. The molecule has 0 saturated carbocycles. The highest BCUT2D eigenvalue weighted by Crippen LogP contribution is 2.23. The van der Waals surface area contributed by atoms with Crippen LogP contribution in [0.15, 0.2) is 53.4 Å². The number of allylic oxidation sites excluding steroid dienone is 1. The molecule has 0 unspecified atom stereocenters. The maximum atomic E-state index is 12.1. The highest BCUT2D eigenvalue weighted by atomic mass is 35.5. The molecular weight excluding hydrogens is 357 g/mol. The van der Waals surface area contributed by atoms with Crippen LogP contribution in [0, 0.1) is 0 Å². The minimum atomic E-state index is -3.51. The lowest BCUT2D eigenvalue weighted by molar-refractivity contribution is 0.104. The Morgan fingerprint density at radius 1 is 1.04 bits per heavy atom. The molecule has 23 heavy (non-hydrogen) atoms. The van der Waals surface area contributed by atoms with Crippen LogP contribution in [0.3, 0.4) is 0 Å². The average molecular weight is 370 g/mol. The second-order valence-corrected chi connectivity index (χ2v) is 7.30. The van der Waals surface area contributed by atoms with Gasteiger partial charge in [-0.05, 0) is 55.1 Å². The SMILES string of the molecule is CNS(=O)(=O)c1ccc(C(=O)/C=C/c2ccc(Cl)c(Cl)c2)cc1. The minimum Gasteiger partial charge on any atom is -0.289 e. The van der Waals surface area contributed by atoms with E-state index in [9.17, 15) is 13.2 Å². The lowest BCUT2D eigenvalue weighted by atomic mass is 10.1. The maximum Gasteiger partial charge on any atom is 0.240 e. The second-order valence-electron chi connectivity index (χ2n) is 4.60. The number of hydrogen-bond donors (Lipinski definition) is 1. The maximum absolute atomic E-state index is 12.1. The summed E-state index contributed by atoms with van der Waals surface area (Å²) in [7, 11) is -2.18. The Morgan fingerprint density at radius 2 is 1.70 bits per heavy atom. The van der Waals surface area contributed by atoms with Crippen LogP contribution in [0.2, 0.25) is 10.0 Å². The third-order valence-corrected chi connectivity index (χ3v) is 5.26. The normalized spacial score (nSPS) is 11.8. The number of sulfonamides is 1. The Morgan fingerprint density at radius 3 is 2.26 bits per heavy atom. The summed E-state index contributed by atoms with van der Waals surface area (Å²) < 4.78 is 25.5. The zero-order valence-corrected chi connectivity index (χ0v) is 14.4. The molecule has 0 radical (unpaired) electrons. The van der Waals surface area contributed by atoms with Crippen molar-refractivity contribution in [2.45, 2.75) is 4.90 Å². The number of hydrogen-bond acceptors (Lipinski definition) is 3. The first-order valence-electron chi connectivity index (χ1n) is 6.54. The van der Waals surface area contributed by atoms with Crippen molar-refractivity contribution in [3.05, 3.63) is 69.7 Å². The van der Waals surface area contributed by atoms with E-state index in [-0.39, 0.29) is 10.7 Å². The van der Waals surface area contributed by atoms with E-state index >= 15 is 0 Å². The number of carbonyl (C=O) groups excluding carboxylic acids is 1. The Labute approximate surface area is 144 Å². The molecule has 2 aromatic rings. The Balaban J connectivity index is 2.17. The van der Waals surface area contributed by atoms with Crippen LogP contribution in [0.25, 0.3) is 6.08 Å². The van der Waals surface area contributed by atoms with Gasteiger partial charge in [0.2, 0.25) is 10.0 Å². The van der Waals surface area contributed by atoms with Gasteiger partial charge in [-0.2, -0.15) is 0 Å². The quantitative estimate of drug-likeness (QED) is 0.643. The Bertz CT molecular complexity index is 859. The van der Waals surface area contributed by atoms with Crippen LogP contribution in [-0.2, 0) is 10.0 Å². The molecule has 120 valence electrons. The van der Waals surface area contributed by atoms with E-state index in [1.165, 1.54) is 37.4 Å². The molecular formula is C16H13Cl2NO3S. The molecule has 1 N–H and O–H groups in total. The molecule has 0 aliphatic heterocycles. The third kappa shape index (κ3) is 4.42. The second kappa shape index (κ2) is 7.27. The smallest absolute Gasteiger partial charge is 0.240 e. The van der Waals surface area contributed by atoms with Crippen molar-refractivity contribution >= 4 is 45.1 Å². The summed E-state index contributed by atoms with van der Waals surface area (Å²) in [4.78, 5) is 12.2. The van der Waals surface area contributed by atoms with Crippen LogP contribution >= 0.6 is 23.2 Å². The topological polar surface area (TPSA) is 63.2 Å². The Kier molecular flexibility index (Phi) is 5.59. The van der Waals surface area contributed by atoms with Crippen molar-refractivity contribution in [3.63, 3.8) is 0 Å². The molecule has 0 saturated heterocycles. The number of carbonyl (C=O) groups is 1. The van der Waals surface area contributed by atoms with E-state index in [0.717, 1.165) is 5.56 Å². The van der Waals surface area contributed by atoms with Crippen LogP contribution in [0.1, 0.15) is 15.9 Å². The molecule has 2 aromatic carbocycles. The van der Waals surface area contributed by atoms with Crippen molar-refractivity contribution < 1.29 is 13.2 Å². The summed E-state index contributed by atoms with van der Waals surface area (Å²) in [6.45, 7) is 0. The number of ketones is 1. The first-order valence-corrected chi connectivity index (χ1v) is 8.78. The van der Waals surface area contributed by atoms with Gasteiger partial charge in [-0.3, -0.25) is 4.79 Å². The molecule has 0 fully saturated rings. The van der Waals surface area contributed by atoms with Crippen molar-refractivity contribution in [2.24, 2.45) is 0 Å². The highest BCUT2D eigenvalue weighted by Gasteiger charge is 2.11. The Hall–Kier alpha value is -1.66. The van der Waals surface area contributed by atoms with Gasteiger partial charge < -0.3 is 0 Å². The zero-order chi connectivity index (χ0) is 17.0. The van der Waals surface area contributed by atoms with Crippen LogP contribution in [0.4, 0.5) is 0 Å². The van der Waals surface area contributed by atoms with E-state index in [0.29, 0.717) is 15.6 Å². The fourth-order valence-electron chi connectivity index (χ4n) is 1.80. The largest absolute Gasteiger partial charge is 0.289 e. The standard InChI is InChI=1S/C16H13Cl2NO3S/c1-19-23(21,22)13-6-4-12(5-7-13)16(20)9-3-11-2-8-14(17)15(18)10-11/h2-10,19H,1H3/b9-3+. The molecule has 0 bridgehead atoms. The predicted molar refractivity (Wildman–Crippen MR) is 92.5 cm³/mol. The van der Waals surface area contributed by atoms with Crippen molar-refractivity contribution in [2.75, 3.05) is 7.05 Å². The van der Waals surface area contributed by atoms with E-state index < -0.39 is 10.0 Å². The van der Waals surface area contributed by atoms with Gasteiger partial charge in [-0.1, -0.05) is 35.3 Å². The van der Waals surface area contributed by atoms with E-state index in [1.54, 1.807) is 24.3 Å². The number of nitrogens with one attached hydrogen (secondary N) is 1. The number of rotatable bonds is 5. The summed E-state index contributed by atoms with van der Waals surface area (Å²) in [5.41, 5.74) is 1.12. The van der Waals surface area contributed by atoms with Gasteiger partial charge in [0.15, 0.2) is 5.78 Å². The first kappa shape index (κ1) is 17.7. The van der Waals surface area contributed by atoms with Gasteiger partial charge in [0.25, 0.3) is 0 Å². The fourth-order valence-corrected chi connectivity index (χ4v) is 2.84. The van der Waals surface area contributed by atoms with Crippen molar-refractivity contribution in [1.82, 2.24) is 4.72 Å². The molecule has 0 atom stereocenters. The van der Waals surface area contributed by atoms with Gasteiger partial charge >= 0.3 is 0 Å². The fraction of sp³-hybridized carbons (Fsp3) is 0.0625. The van der Waals surface area contributed by atoms with Crippen molar-refractivity contribution in [1.29, 1.82) is 0 Å². The van der Waals surface area contributed by atoms with Gasteiger partial charge in [0, 0.05) is 5.56 Å². The molecule has 0 aromatic heterocycles. The highest BCUT2D eigenvalue weighted by molar-refractivity contribution is 7.89. The van der Waals surface area contributed by atoms with Gasteiger partial charge in [-0.25, -0.2) is 13.1 Å². The summed E-state index contributed by atoms with van der Waals surface area (Å²) in [6, 6.07) is 10.7. The molecule has 4 nitrogen and oxygen atoms in total. The average Bonchev–Trinajstić information content (AvgIpc) is 2.55. The predicted octanol–water partition coefficient (Wildman–Crippen LogP) is 3.80. The number of halogens is 2. The molecule has 7 heteroatoms. The number of benzene rings is 2. The molecule has 0 heterocycles. The van der Waals surface area contributed by atoms with Gasteiger partial charge in [0.05, 0.1) is 14.9 Å². The summed E-state index contributed by atoms with van der Waals surface area (Å²) in [5.74, 6) is -0.246. The lowest BCUT2D eigenvalue weighted by Crippen LogP contribution is -2.18. The van der Waals surface area contributed by atoms with Gasteiger partial charge in [0.1, 0.15) is 0 Å². The van der Waals surface area contributed by atoms with Crippen LogP contribution in [0.5, 0.6) is 0 Å².